The summed E-state index contributed by atoms with van der Waals surface area (Å²) >= 11 is 0. The highest BCUT2D eigenvalue weighted by Crippen LogP contribution is 2.23. The Morgan fingerprint density at radius 2 is 2.09 bits per heavy atom. The molecule has 0 radical (unpaired) electrons. The summed E-state index contributed by atoms with van der Waals surface area (Å²) in [6.07, 6.45) is 4.12. The van der Waals surface area contributed by atoms with E-state index in [2.05, 4.69) is 55.7 Å². The molecule has 1 amide bonds. The first-order valence-corrected chi connectivity index (χ1v) is 8.98. The van der Waals surface area contributed by atoms with Gasteiger partial charge in [-0.25, -0.2) is 0 Å². The Morgan fingerprint density at radius 1 is 1.35 bits per heavy atom. The third-order valence-electron chi connectivity index (χ3n) is 4.94. The van der Waals surface area contributed by atoms with Crippen molar-refractivity contribution in [1.29, 1.82) is 0 Å². The van der Waals surface area contributed by atoms with E-state index in [-0.39, 0.29) is 11.3 Å². The fourth-order valence-electron chi connectivity index (χ4n) is 3.44. The molecule has 3 heteroatoms. The van der Waals surface area contributed by atoms with Crippen molar-refractivity contribution < 1.29 is 4.79 Å². The Labute approximate surface area is 141 Å². The standard InChI is InChI=1S/C20H32N2O/c1-16(18-10-7-11-21-14-18)12-19(23)22-15-20(2,3)13-17-8-5-4-6-9-17/h4-6,8-9,16,18,21H,7,10-15H2,1-3H3,(H,22,23). The van der Waals surface area contributed by atoms with Crippen molar-refractivity contribution in [2.24, 2.45) is 17.3 Å². The predicted molar refractivity (Wildman–Crippen MR) is 96.3 cm³/mol. The molecule has 1 fully saturated rings. The monoisotopic (exact) mass is 316 g/mol. The number of benzene rings is 1. The van der Waals surface area contributed by atoms with E-state index in [4.69, 9.17) is 0 Å². The predicted octanol–water partition coefficient (Wildman–Crippen LogP) is 3.40. The number of piperidine rings is 1. The zero-order valence-corrected chi connectivity index (χ0v) is 14.9. The van der Waals surface area contributed by atoms with Crippen LogP contribution < -0.4 is 10.6 Å². The zero-order valence-electron chi connectivity index (χ0n) is 14.9. The summed E-state index contributed by atoms with van der Waals surface area (Å²) in [7, 11) is 0. The van der Waals surface area contributed by atoms with Gasteiger partial charge in [0.25, 0.3) is 0 Å². The number of rotatable bonds is 7. The maximum Gasteiger partial charge on any atom is 0.220 e. The summed E-state index contributed by atoms with van der Waals surface area (Å²) in [5.41, 5.74) is 1.40. The second-order valence-corrected chi connectivity index (χ2v) is 7.89. The summed E-state index contributed by atoms with van der Waals surface area (Å²) in [5, 5.41) is 6.59. The van der Waals surface area contributed by atoms with Gasteiger partial charge in [0.15, 0.2) is 0 Å². The molecule has 128 valence electrons. The van der Waals surface area contributed by atoms with Crippen molar-refractivity contribution in [2.45, 2.75) is 46.5 Å². The first-order chi connectivity index (χ1) is 11.0. The van der Waals surface area contributed by atoms with Crippen LogP contribution in [0.25, 0.3) is 0 Å². The van der Waals surface area contributed by atoms with Gasteiger partial charge in [-0.05, 0) is 55.2 Å². The quantitative estimate of drug-likeness (QED) is 0.809. The summed E-state index contributed by atoms with van der Waals surface area (Å²) in [6, 6.07) is 10.5. The van der Waals surface area contributed by atoms with E-state index in [0.29, 0.717) is 18.3 Å². The van der Waals surface area contributed by atoms with Crippen LogP contribution in [-0.2, 0) is 11.2 Å². The third-order valence-corrected chi connectivity index (χ3v) is 4.94. The summed E-state index contributed by atoms with van der Waals surface area (Å²) < 4.78 is 0. The third kappa shape index (κ3) is 6.34. The molecular weight excluding hydrogens is 284 g/mol. The van der Waals surface area contributed by atoms with Crippen LogP contribution in [0.5, 0.6) is 0 Å². The fraction of sp³-hybridized carbons (Fsp3) is 0.650. The lowest BCUT2D eigenvalue weighted by Gasteiger charge is -2.29. The highest BCUT2D eigenvalue weighted by molar-refractivity contribution is 5.76. The van der Waals surface area contributed by atoms with Gasteiger partial charge in [-0.1, -0.05) is 51.1 Å². The van der Waals surface area contributed by atoms with Crippen molar-refractivity contribution in [3.05, 3.63) is 35.9 Å². The molecule has 2 unspecified atom stereocenters. The van der Waals surface area contributed by atoms with E-state index in [9.17, 15) is 4.79 Å². The molecule has 0 aliphatic carbocycles. The van der Waals surface area contributed by atoms with Gasteiger partial charge in [-0.3, -0.25) is 4.79 Å². The molecule has 1 heterocycles. The second kappa shape index (κ2) is 8.49. The topological polar surface area (TPSA) is 41.1 Å². The average molecular weight is 316 g/mol. The number of nitrogens with one attached hydrogen (secondary N) is 2. The van der Waals surface area contributed by atoms with Crippen molar-refractivity contribution in [3.63, 3.8) is 0 Å². The molecule has 0 spiro atoms. The summed E-state index contributed by atoms with van der Waals surface area (Å²) in [5.74, 6) is 1.30. The van der Waals surface area contributed by atoms with Crippen molar-refractivity contribution in [1.82, 2.24) is 10.6 Å². The first-order valence-electron chi connectivity index (χ1n) is 8.98. The van der Waals surface area contributed by atoms with Gasteiger partial charge in [-0.2, -0.15) is 0 Å². The van der Waals surface area contributed by atoms with Crippen molar-refractivity contribution in [3.8, 4) is 0 Å². The van der Waals surface area contributed by atoms with E-state index in [1.54, 1.807) is 0 Å². The van der Waals surface area contributed by atoms with Gasteiger partial charge in [0.1, 0.15) is 0 Å². The van der Waals surface area contributed by atoms with Gasteiger partial charge in [-0.15, -0.1) is 0 Å². The number of carbonyl (C=O) groups excluding carboxylic acids is 1. The fourth-order valence-corrected chi connectivity index (χ4v) is 3.44. The van der Waals surface area contributed by atoms with Crippen LogP contribution in [0, 0.1) is 17.3 Å². The lowest BCUT2D eigenvalue weighted by atomic mass is 9.84. The molecule has 0 bridgehead atoms. The molecule has 1 aliphatic heterocycles. The molecular formula is C20H32N2O. The highest BCUT2D eigenvalue weighted by atomic mass is 16.1. The number of carbonyl (C=O) groups is 1. The minimum atomic E-state index is 0.0760. The Morgan fingerprint density at radius 3 is 2.74 bits per heavy atom. The molecule has 1 saturated heterocycles. The Hall–Kier alpha value is -1.35. The van der Waals surface area contributed by atoms with Crippen LogP contribution in [-0.4, -0.2) is 25.5 Å². The smallest absolute Gasteiger partial charge is 0.220 e. The van der Waals surface area contributed by atoms with Gasteiger partial charge in [0, 0.05) is 13.0 Å². The molecule has 3 nitrogen and oxygen atoms in total. The van der Waals surface area contributed by atoms with Gasteiger partial charge in [0.2, 0.25) is 5.91 Å². The van der Waals surface area contributed by atoms with E-state index in [0.717, 1.165) is 26.1 Å². The SMILES string of the molecule is CC(CC(=O)NCC(C)(C)Cc1ccccc1)C1CCCNC1. The number of amides is 1. The molecule has 0 saturated carbocycles. The van der Waals surface area contributed by atoms with E-state index >= 15 is 0 Å². The van der Waals surface area contributed by atoms with Crippen molar-refractivity contribution >= 4 is 5.91 Å². The van der Waals surface area contributed by atoms with Crippen LogP contribution in [0.15, 0.2) is 30.3 Å². The molecule has 1 aromatic carbocycles. The Bertz CT molecular complexity index is 478. The van der Waals surface area contributed by atoms with E-state index in [1.165, 1.54) is 18.4 Å². The highest BCUT2D eigenvalue weighted by Gasteiger charge is 2.24. The van der Waals surface area contributed by atoms with Crippen LogP contribution in [0.2, 0.25) is 0 Å². The lowest BCUT2D eigenvalue weighted by Crippen LogP contribution is -2.38. The molecule has 23 heavy (non-hydrogen) atoms. The number of hydrogen-bond donors (Lipinski definition) is 2. The van der Waals surface area contributed by atoms with Crippen LogP contribution in [0.1, 0.15) is 45.6 Å². The minimum absolute atomic E-state index is 0.0760. The van der Waals surface area contributed by atoms with Gasteiger partial charge in [0.05, 0.1) is 0 Å². The van der Waals surface area contributed by atoms with E-state index < -0.39 is 0 Å². The van der Waals surface area contributed by atoms with Crippen LogP contribution in [0.3, 0.4) is 0 Å². The second-order valence-electron chi connectivity index (χ2n) is 7.89. The van der Waals surface area contributed by atoms with E-state index in [1.807, 2.05) is 6.07 Å². The molecule has 0 aromatic heterocycles. The van der Waals surface area contributed by atoms with Crippen LogP contribution in [0.4, 0.5) is 0 Å². The molecule has 1 aliphatic rings. The normalized spacial score (nSPS) is 20.0. The maximum absolute atomic E-state index is 12.3. The van der Waals surface area contributed by atoms with Crippen molar-refractivity contribution in [2.75, 3.05) is 19.6 Å². The Balaban J connectivity index is 1.74. The average Bonchev–Trinajstić information content (AvgIpc) is 2.54. The molecule has 1 aromatic rings. The lowest BCUT2D eigenvalue weighted by molar-refractivity contribution is -0.122. The summed E-state index contributed by atoms with van der Waals surface area (Å²) in [6.45, 7) is 9.57. The number of hydrogen-bond acceptors (Lipinski definition) is 2. The largest absolute Gasteiger partial charge is 0.356 e. The zero-order chi connectivity index (χ0) is 16.7. The van der Waals surface area contributed by atoms with Crippen LogP contribution >= 0.6 is 0 Å². The molecule has 2 rings (SSSR count). The Kier molecular flexibility index (Phi) is 6.64. The molecule has 2 N–H and O–H groups in total. The van der Waals surface area contributed by atoms with Gasteiger partial charge >= 0.3 is 0 Å². The summed E-state index contributed by atoms with van der Waals surface area (Å²) in [4.78, 5) is 12.3. The maximum atomic E-state index is 12.3. The molecule has 2 atom stereocenters. The minimum Gasteiger partial charge on any atom is -0.356 e. The first kappa shape index (κ1) is 18.0. The van der Waals surface area contributed by atoms with Gasteiger partial charge < -0.3 is 10.6 Å².